The summed E-state index contributed by atoms with van der Waals surface area (Å²) in [7, 11) is 0. The average Bonchev–Trinajstić information content (AvgIpc) is 3.31. The van der Waals surface area contributed by atoms with Crippen LogP contribution in [0.5, 0.6) is 0 Å². The van der Waals surface area contributed by atoms with Crippen LogP contribution in [0.2, 0.25) is 0 Å². The van der Waals surface area contributed by atoms with Gasteiger partial charge in [-0.15, -0.1) is 0 Å². The molecule has 1 saturated carbocycles. The van der Waals surface area contributed by atoms with Crippen LogP contribution in [0.4, 0.5) is 0 Å². The van der Waals surface area contributed by atoms with Gasteiger partial charge < -0.3 is 15.0 Å². The zero-order chi connectivity index (χ0) is 18.2. The molecule has 26 heavy (non-hydrogen) atoms. The molecule has 2 aliphatic rings. The van der Waals surface area contributed by atoms with Crippen LogP contribution < -0.4 is 5.32 Å². The number of nitrogens with one attached hydrogen (secondary N) is 1. The molecule has 0 bridgehead atoms. The molecule has 1 saturated heterocycles. The van der Waals surface area contributed by atoms with Gasteiger partial charge in [-0.3, -0.25) is 9.59 Å². The maximum absolute atomic E-state index is 12.3. The van der Waals surface area contributed by atoms with Crippen molar-refractivity contribution in [3.63, 3.8) is 0 Å². The number of rotatable bonds is 9. The molecule has 1 aliphatic heterocycles. The number of nitrogens with zero attached hydrogens (tertiary/aromatic N) is 1. The molecular weight excluding hydrogens is 328 g/mol. The first-order valence-corrected chi connectivity index (χ1v) is 9.93. The smallest absolute Gasteiger partial charge is 0.225 e. The Labute approximate surface area is 156 Å². The highest BCUT2D eigenvalue weighted by Crippen LogP contribution is 2.29. The second-order valence-electron chi connectivity index (χ2n) is 7.38. The van der Waals surface area contributed by atoms with E-state index in [1.54, 1.807) is 0 Å². The van der Waals surface area contributed by atoms with Gasteiger partial charge in [-0.1, -0.05) is 43.2 Å². The van der Waals surface area contributed by atoms with Crippen LogP contribution in [0.25, 0.3) is 0 Å². The van der Waals surface area contributed by atoms with Crippen molar-refractivity contribution in [3.05, 3.63) is 35.9 Å². The number of hydrogen-bond acceptors (Lipinski definition) is 3. The predicted molar refractivity (Wildman–Crippen MR) is 101 cm³/mol. The fraction of sp³-hybridized carbons (Fsp3) is 0.619. The minimum absolute atomic E-state index is 0.0168. The van der Waals surface area contributed by atoms with E-state index in [4.69, 9.17) is 4.74 Å². The van der Waals surface area contributed by atoms with Crippen molar-refractivity contribution in [2.24, 2.45) is 5.92 Å². The molecule has 5 heteroatoms. The SMILES string of the molecule is O=C(NCCCOCCc1ccccc1)C1CC(=O)N(C2CCCC2)C1. The molecule has 0 spiro atoms. The highest BCUT2D eigenvalue weighted by Gasteiger charge is 2.38. The van der Waals surface area contributed by atoms with E-state index in [9.17, 15) is 9.59 Å². The minimum Gasteiger partial charge on any atom is -0.381 e. The topological polar surface area (TPSA) is 58.6 Å². The fourth-order valence-corrected chi connectivity index (χ4v) is 3.94. The molecule has 2 fully saturated rings. The van der Waals surface area contributed by atoms with Crippen molar-refractivity contribution < 1.29 is 14.3 Å². The lowest BCUT2D eigenvalue weighted by Gasteiger charge is -2.23. The van der Waals surface area contributed by atoms with Crippen molar-refractivity contribution in [2.75, 3.05) is 26.3 Å². The molecule has 1 N–H and O–H groups in total. The van der Waals surface area contributed by atoms with Crippen molar-refractivity contribution in [3.8, 4) is 0 Å². The molecule has 142 valence electrons. The summed E-state index contributed by atoms with van der Waals surface area (Å²) in [4.78, 5) is 26.4. The monoisotopic (exact) mass is 358 g/mol. The van der Waals surface area contributed by atoms with Crippen molar-refractivity contribution >= 4 is 11.8 Å². The maximum Gasteiger partial charge on any atom is 0.225 e. The second-order valence-corrected chi connectivity index (χ2v) is 7.38. The van der Waals surface area contributed by atoms with Gasteiger partial charge in [0.2, 0.25) is 11.8 Å². The van der Waals surface area contributed by atoms with Gasteiger partial charge >= 0.3 is 0 Å². The molecule has 1 aromatic carbocycles. The zero-order valence-electron chi connectivity index (χ0n) is 15.5. The summed E-state index contributed by atoms with van der Waals surface area (Å²) < 4.78 is 5.63. The Morgan fingerprint density at radius 3 is 2.69 bits per heavy atom. The van der Waals surface area contributed by atoms with Gasteiger partial charge in [0.15, 0.2) is 0 Å². The van der Waals surface area contributed by atoms with E-state index < -0.39 is 0 Å². The molecule has 5 nitrogen and oxygen atoms in total. The van der Waals surface area contributed by atoms with E-state index in [1.165, 1.54) is 18.4 Å². The Kier molecular flexibility index (Phi) is 7.06. The number of carbonyl (C=O) groups excluding carboxylic acids is 2. The zero-order valence-corrected chi connectivity index (χ0v) is 15.5. The Bertz CT molecular complexity index is 584. The Morgan fingerprint density at radius 1 is 1.15 bits per heavy atom. The second kappa shape index (κ2) is 9.72. The van der Waals surface area contributed by atoms with Gasteiger partial charge in [0.1, 0.15) is 0 Å². The van der Waals surface area contributed by atoms with Gasteiger partial charge in [-0.05, 0) is 31.2 Å². The van der Waals surface area contributed by atoms with E-state index in [0.29, 0.717) is 38.8 Å². The predicted octanol–water partition coefficient (Wildman–Crippen LogP) is 2.54. The summed E-state index contributed by atoms with van der Waals surface area (Å²) in [6.07, 6.45) is 6.68. The molecule has 3 rings (SSSR count). The van der Waals surface area contributed by atoms with Crippen LogP contribution in [0.15, 0.2) is 30.3 Å². The van der Waals surface area contributed by atoms with E-state index in [1.807, 2.05) is 23.1 Å². The fourth-order valence-electron chi connectivity index (χ4n) is 3.94. The number of benzene rings is 1. The summed E-state index contributed by atoms with van der Waals surface area (Å²) in [5, 5.41) is 2.97. The van der Waals surface area contributed by atoms with Crippen LogP contribution in [0, 0.1) is 5.92 Å². The summed E-state index contributed by atoms with van der Waals surface area (Å²) >= 11 is 0. The van der Waals surface area contributed by atoms with Gasteiger partial charge in [-0.25, -0.2) is 0 Å². The van der Waals surface area contributed by atoms with Gasteiger partial charge in [0.25, 0.3) is 0 Å². The number of ether oxygens (including phenoxy) is 1. The third-order valence-corrected chi connectivity index (χ3v) is 5.44. The Hall–Kier alpha value is -1.88. The lowest BCUT2D eigenvalue weighted by atomic mass is 10.1. The summed E-state index contributed by atoms with van der Waals surface area (Å²) in [6, 6.07) is 10.7. The van der Waals surface area contributed by atoms with Crippen LogP contribution >= 0.6 is 0 Å². The standard InChI is InChI=1S/C21H30N2O3/c24-20-15-18(16-23(20)19-9-4-5-10-19)21(25)22-12-6-13-26-14-11-17-7-2-1-3-8-17/h1-3,7-8,18-19H,4-6,9-16H2,(H,22,25). The first-order valence-electron chi connectivity index (χ1n) is 9.93. The highest BCUT2D eigenvalue weighted by atomic mass is 16.5. The van der Waals surface area contributed by atoms with Crippen LogP contribution in [0.3, 0.4) is 0 Å². The van der Waals surface area contributed by atoms with E-state index in [2.05, 4.69) is 17.4 Å². The van der Waals surface area contributed by atoms with Crippen LogP contribution in [-0.2, 0) is 20.7 Å². The quantitative estimate of drug-likeness (QED) is 0.690. The van der Waals surface area contributed by atoms with E-state index in [0.717, 1.165) is 25.7 Å². The molecule has 1 atom stereocenters. The molecule has 1 heterocycles. The van der Waals surface area contributed by atoms with E-state index in [-0.39, 0.29) is 17.7 Å². The summed E-state index contributed by atoms with van der Waals surface area (Å²) in [5.41, 5.74) is 1.28. The number of likely N-dealkylation sites (tertiary alicyclic amines) is 1. The lowest BCUT2D eigenvalue weighted by Crippen LogP contribution is -2.37. The molecule has 1 aromatic rings. The molecular formula is C21H30N2O3. The largest absolute Gasteiger partial charge is 0.381 e. The molecule has 1 unspecified atom stereocenters. The molecule has 2 amide bonds. The number of carbonyl (C=O) groups is 2. The third-order valence-electron chi connectivity index (χ3n) is 5.44. The number of hydrogen-bond donors (Lipinski definition) is 1. The lowest BCUT2D eigenvalue weighted by molar-refractivity contribution is -0.130. The van der Waals surface area contributed by atoms with E-state index >= 15 is 0 Å². The molecule has 1 aliphatic carbocycles. The van der Waals surface area contributed by atoms with Crippen LogP contribution in [0.1, 0.15) is 44.1 Å². The van der Waals surface area contributed by atoms with Gasteiger partial charge in [0, 0.05) is 32.2 Å². The van der Waals surface area contributed by atoms with Crippen molar-refractivity contribution in [1.82, 2.24) is 10.2 Å². The Morgan fingerprint density at radius 2 is 1.92 bits per heavy atom. The van der Waals surface area contributed by atoms with Gasteiger partial charge in [-0.2, -0.15) is 0 Å². The van der Waals surface area contributed by atoms with Crippen molar-refractivity contribution in [2.45, 2.75) is 51.0 Å². The number of amides is 2. The summed E-state index contributed by atoms with van der Waals surface area (Å²) in [6.45, 7) is 2.55. The Balaban J connectivity index is 1.25. The summed E-state index contributed by atoms with van der Waals surface area (Å²) in [5.74, 6) is -0.00785. The average molecular weight is 358 g/mol. The van der Waals surface area contributed by atoms with Crippen molar-refractivity contribution in [1.29, 1.82) is 0 Å². The highest BCUT2D eigenvalue weighted by molar-refractivity contribution is 5.89. The molecule has 0 radical (unpaired) electrons. The van der Waals surface area contributed by atoms with Gasteiger partial charge in [0.05, 0.1) is 12.5 Å². The first kappa shape index (κ1) is 18.9. The normalized spacial score (nSPS) is 20.7. The maximum atomic E-state index is 12.3. The first-order chi connectivity index (χ1) is 12.7. The molecule has 0 aromatic heterocycles. The van der Waals surface area contributed by atoms with Crippen LogP contribution in [-0.4, -0.2) is 49.1 Å². The minimum atomic E-state index is -0.179. The third kappa shape index (κ3) is 5.31.